The Morgan fingerprint density at radius 1 is 0.897 bits per heavy atom. The van der Waals surface area contributed by atoms with Gasteiger partial charge >= 0.3 is 6.18 Å². The second-order valence-electron chi connectivity index (χ2n) is 5.87. The molecule has 2 aromatic heterocycles. The summed E-state index contributed by atoms with van der Waals surface area (Å²) in [6.45, 7) is 0.454. The molecule has 0 bridgehead atoms. The Bertz CT molecular complexity index is 948. The zero-order valence-corrected chi connectivity index (χ0v) is 15.1. The summed E-state index contributed by atoms with van der Waals surface area (Å²) in [5.41, 5.74) is -0.0465. The minimum atomic E-state index is -4.48. The van der Waals surface area contributed by atoms with E-state index < -0.39 is 17.6 Å². The normalized spacial score (nSPS) is 11.0. The molecule has 0 saturated heterocycles. The quantitative estimate of drug-likeness (QED) is 0.523. The Hall–Kier alpha value is -3.69. The van der Waals surface area contributed by atoms with Crippen LogP contribution in [0.5, 0.6) is 0 Å². The summed E-state index contributed by atoms with van der Waals surface area (Å²) in [5, 5.41) is 16.0. The van der Waals surface area contributed by atoms with Crippen LogP contribution in [0.25, 0.3) is 0 Å². The number of hydrogen-bond acceptors (Lipinski definition) is 6. The van der Waals surface area contributed by atoms with Crippen molar-refractivity contribution in [3.8, 4) is 0 Å². The van der Waals surface area contributed by atoms with E-state index in [1.165, 1.54) is 18.3 Å². The highest BCUT2D eigenvalue weighted by atomic mass is 19.4. The summed E-state index contributed by atoms with van der Waals surface area (Å²) in [4.78, 5) is 15.8. The lowest BCUT2D eigenvalue weighted by molar-refractivity contribution is -0.137. The van der Waals surface area contributed by atoms with Crippen LogP contribution in [0, 0.1) is 0 Å². The average Bonchev–Trinajstić information content (AvgIpc) is 2.72. The van der Waals surface area contributed by atoms with E-state index in [0.717, 1.165) is 6.07 Å². The van der Waals surface area contributed by atoms with E-state index in [0.29, 0.717) is 11.5 Å². The maximum Gasteiger partial charge on any atom is 0.419 e. The molecule has 3 N–H and O–H groups in total. The van der Waals surface area contributed by atoms with Gasteiger partial charge in [0.05, 0.1) is 5.56 Å². The highest BCUT2D eigenvalue weighted by molar-refractivity contribution is 6.02. The molecular formula is C19H17F3N6O. The molecule has 3 rings (SSSR count). The molecule has 0 fully saturated rings. The number of para-hydroxylation sites is 1. The van der Waals surface area contributed by atoms with Crippen molar-refractivity contribution in [3.05, 3.63) is 72.1 Å². The van der Waals surface area contributed by atoms with Gasteiger partial charge in [-0.05, 0) is 36.4 Å². The van der Waals surface area contributed by atoms with Crippen LogP contribution in [-0.4, -0.2) is 34.2 Å². The van der Waals surface area contributed by atoms with Crippen LogP contribution in [-0.2, 0) is 6.18 Å². The van der Waals surface area contributed by atoms with E-state index in [-0.39, 0.29) is 24.6 Å². The van der Waals surface area contributed by atoms with Gasteiger partial charge in [-0.3, -0.25) is 4.79 Å². The first kappa shape index (κ1) is 20.1. The van der Waals surface area contributed by atoms with Gasteiger partial charge in [-0.25, -0.2) is 4.98 Å². The number of amides is 1. The highest BCUT2D eigenvalue weighted by Gasteiger charge is 2.33. The van der Waals surface area contributed by atoms with Gasteiger partial charge in [0.1, 0.15) is 11.6 Å². The Kier molecular flexibility index (Phi) is 6.22. The van der Waals surface area contributed by atoms with Gasteiger partial charge in [-0.1, -0.05) is 18.2 Å². The number of nitrogens with zero attached hydrogens (tertiary/aromatic N) is 3. The first-order valence-electron chi connectivity index (χ1n) is 8.63. The third kappa shape index (κ3) is 5.64. The second-order valence-corrected chi connectivity index (χ2v) is 5.87. The van der Waals surface area contributed by atoms with Crippen molar-refractivity contribution in [2.24, 2.45) is 0 Å². The van der Waals surface area contributed by atoms with Crippen LogP contribution < -0.4 is 16.0 Å². The minimum absolute atomic E-state index is 0.140. The molecule has 3 aromatic rings. The topological polar surface area (TPSA) is 91.8 Å². The van der Waals surface area contributed by atoms with Gasteiger partial charge in [-0.15, -0.1) is 10.2 Å². The monoisotopic (exact) mass is 402 g/mol. The predicted octanol–water partition coefficient (Wildman–Crippen LogP) is 3.67. The van der Waals surface area contributed by atoms with Crippen molar-refractivity contribution >= 4 is 23.2 Å². The molecule has 1 aromatic carbocycles. The molecule has 0 unspecified atom stereocenters. The number of nitrogens with one attached hydrogen (secondary N) is 3. The molecule has 1 amide bonds. The Morgan fingerprint density at radius 2 is 1.66 bits per heavy atom. The Morgan fingerprint density at radius 3 is 2.34 bits per heavy atom. The van der Waals surface area contributed by atoms with Crippen LogP contribution in [0.2, 0.25) is 0 Å². The van der Waals surface area contributed by atoms with Crippen molar-refractivity contribution < 1.29 is 18.0 Å². The van der Waals surface area contributed by atoms with E-state index in [4.69, 9.17) is 0 Å². The molecule has 0 aliphatic heterocycles. The number of aromatic nitrogens is 3. The van der Waals surface area contributed by atoms with Gasteiger partial charge in [0.15, 0.2) is 5.69 Å². The standard InChI is InChI=1S/C19H17F3N6O/c20-19(21,22)14-7-4-10-24-17(14)25-12-11-23-16-9-8-15(27-28-16)18(29)26-13-5-2-1-3-6-13/h1-10H,11-12H2,(H,23,28)(H,24,25)(H,26,29). The summed E-state index contributed by atoms with van der Waals surface area (Å²) in [7, 11) is 0. The number of hydrogen-bond donors (Lipinski definition) is 3. The fourth-order valence-electron chi connectivity index (χ4n) is 2.41. The van der Waals surface area contributed by atoms with Crippen molar-refractivity contribution in [1.29, 1.82) is 0 Å². The number of halogens is 3. The molecule has 150 valence electrons. The van der Waals surface area contributed by atoms with E-state index in [9.17, 15) is 18.0 Å². The third-order valence-electron chi connectivity index (χ3n) is 3.77. The number of rotatable bonds is 7. The summed E-state index contributed by atoms with van der Waals surface area (Å²) in [6, 6.07) is 14.2. The molecule has 7 nitrogen and oxygen atoms in total. The number of pyridine rings is 1. The number of anilines is 3. The molecule has 0 spiro atoms. The lowest BCUT2D eigenvalue weighted by atomic mass is 10.2. The molecule has 2 heterocycles. The first-order chi connectivity index (χ1) is 13.9. The van der Waals surface area contributed by atoms with Crippen LogP contribution in [0.4, 0.5) is 30.5 Å². The summed E-state index contributed by atoms with van der Waals surface area (Å²) in [5.74, 6) is -0.243. The smallest absolute Gasteiger partial charge is 0.368 e. The van der Waals surface area contributed by atoms with Crippen LogP contribution in [0.1, 0.15) is 16.1 Å². The maximum atomic E-state index is 12.9. The van der Waals surface area contributed by atoms with Gasteiger partial charge < -0.3 is 16.0 Å². The zero-order chi connectivity index (χ0) is 20.7. The summed E-state index contributed by atoms with van der Waals surface area (Å²) >= 11 is 0. The molecule has 0 saturated carbocycles. The van der Waals surface area contributed by atoms with Gasteiger partial charge in [-0.2, -0.15) is 13.2 Å². The predicted molar refractivity (Wildman–Crippen MR) is 103 cm³/mol. The van der Waals surface area contributed by atoms with Crippen molar-refractivity contribution in [2.45, 2.75) is 6.18 Å². The lowest BCUT2D eigenvalue weighted by Crippen LogP contribution is -2.19. The molecule has 0 aliphatic carbocycles. The van der Waals surface area contributed by atoms with Crippen molar-refractivity contribution in [2.75, 3.05) is 29.0 Å². The average molecular weight is 402 g/mol. The zero-order valence-electron chi connectivity index (χ0n) is 15.1. The van der Waals surface area contributed by atoms with E-state index in [1.54, 1.807) is 30.3 Å². The van der Waals surface area contributed by atoms with E-state index in [2.05, 4.69) is 31.1 Å². The summed E-state index contributed by atoms with van der Waals surface area (Å²) in [6.07, 6.45) is -3.19. The van der Waals surface area contributed by atoms with E-state index >= 15 is 0 Å². The second kappa shape index (κ2) is 9.00. The number of benzene rings is 1. The van der Waals surface area contributed by atoms with Gasteiger partial charge in [0, 0.05) is 25.0 Å². The van der Waals surface area contributed by atoms with Crippen molar-refractivity contribution in [1.82, 2.24) is 15.2 Å². The van der Waals surface area contributed by atoms with Crippen LogP contribution >= 0.6 is 0 Å². The third-order valence-corrected chi connectivity index (χ3v) is 3.77. The first-order valence-corrected chi connectivity index (χ1v) is 8.63. The lowest BCUT2D eigenvalue weighted by Gasteiger charge is -2.13. The fraction of sp³-hybridized carbons (Fsp3) is 0.158. The number of alkyl halides is 3. The maximum absolute atomic E-state index is 12.9. The van der Waals surface area contributed by atoms with Gasteiger partial charge in [0.25, 0.3) is 5.91 Å². The fourth-order valence-corrected chi connectivity index (χ4v) is 2.41. The minimum Gasteiger partial charge on any atom is -0.368 e. The van der Waals surface area contributed by atoms with E-state index in [1.807, 2.05) is 6.07 Å². The largest absolute Gasteiger partial charge is 0.419 e. The van der Waals surface area contributed by atoms with Gasteiger partial charge in [0.2, 0.25) is 0 Å². The molecule has 0 radical (unpaired) electrons. The van der Waals surface area contributed by atoms with Crippen molar-refractivity contribution in [3.63, 3.8) is 0 Å². The van der Waals surface area contributed by atoms with Crippen LogP contribution in [0.3, 0.4) is 0 Å². The number of carbonyl (C=O) groups excluding carboxylic acids is 1. The molecule has 0 aliphatic rings. The molecule has 29 heavy (non-hydrogen) atoms. The highest BCUT2D eigenvalue weighted by Crippen LogP contribution is 2.33. The van der Waals surface area contributed by atoms with Crippen LogP contribution in [0.15, 0.2) is 60.8 Å². The Balaban J connectivity index is 1.49. The number of carbonyl (C=O) groups is 1. The SMILES string of the molecule is O=C(Nc1ccccc1)c1ccc(NCCNc2ncccc2C(F)(F)F)nn1. The molecular weight excluding hydrogens is 385 g/mol. The molecule has 0 atom stereocenters. The molecule has 10 heteroatoms. The Labute approximate surface area is 164 Å². The summed E-state index contributed by atoms with van der Waals surface area (Å²) < 4.78 is 38.7.